The number of fused-ring (bicyclic) bond motifs is 2. The van der Waals surface area contributed by atoms with E-state index < -0.39 is 11.5 Å². The largest absolute Gasteiger partial charge is 0.360 e. The number of rotatable bonds is 3. The zero-order valence-corrected chi connectivity index (χ0v) is 17.1. The van der Waals surface area contributed by atoms with Gasteiger partial charge in [-0.05, 0) is 31.9 Å². The third-order valence-corrected chi connectivity index (χ3v) is 7.37. The fourth-order valence-electron chi connectivity index (χ4n) is 5.91. The molecule has 0 radical (unpaired) electrons. The maximum absolute atomic E-state index is 13.6. The van der Waals surface area contributed by atoms with Gasteiger partial charge < -0.3 is 19.5 Å². The maximum Gasteiger partial charge on any atom is 0.230 e. The van der Waals surface area contributed by atoms with E-state index in [1.54, 1.807) is 0 Å². The fraction of sp³-hybridized carbons (Fsp3) is 0.522. The minimum absolute atomic E-state index is 0.0586. The standard InChI is InChI=1S/C23H26N4O3/c1-2-26-13-23-10-9-17(30-23)18(19(23)22(26)29)21(28)27-11-5-6-14(12-27)20-24-15-7-3-4-8-16(15)25-20/h3-4,7-10,14,17-19H,2,5-6,11-13H2,1H3,(H,24,25)/t14-,17+,18-,19-,23+/m0/s1. The van der Waals surface area contributed by atoms with Gasteiger partial charge >= 0.3 is 0 Å². The van der Waals surface area contributed by atoms with E-state index in [1.165, 1.54) is 0 Å². The average molecular weight is 406 g/mol. The Balaban J connectivity index is 1.25. The quantitative estimate of drug-likeness (QED) is 0.792. The van der Waals surface area contributed by atoms with Crippen molar-refractivity contribution in [1.29, 1.82) is 0 Å². The van der Waals surface area contributed by atoms with Crippen LogP contribution in [0.2, 0.25) is 0 Å². The number of amides is 2. The molecule has 7 nitrogen and oxygen atoms in total. The predicted molar refractivity (Wildman–Crippen MR) is 111 cm³/mol. The number of nitrogens with one attached hydrogen (secondary N) is 1. The van der Waals surface area contributed by atoms with E-state index in [9.17, 15) is 9.59 Å². The predicted octanol–water partition coefficient (Wildman–Crippen LogP) is 2.07. The highest BCUT2D eigenvalue weighted by Gasteiger charge is 2.67. The first-order valence-electron chi connectivity index (χ1n) is 11.0. The molecule has 0 unspecified atom stereocenters. The number of aromatic amines is 1. The minimum Gasteiger partial charge on any atom is -0.360 e. The van der Waals surface area contributed by atoms with Gasteiger partial charge in [-0.2, -0.15) is 0 Å². The van der Waals surface area contributed by atoms with Gasteiger partial charge in [-0.1, -0.05) is 24.3 Å². The van der Waals surface area contributed by atoms with Crippen LogP contribution in [0.5, 0.6) is 0 Å². The summed E-state index contributed by atoms with van der Waals surface area (Å²) in [6, 6.07) is 8.02. The summed E-state index contributed by atoms with van der Waals surface area (Å²) in [6.07, 6.45) is 5.67. The summed E-state index contributed by atoms with van der Waals surface area (Å²) >= 11 is 0. The third kappa shape index (κ3) is 2.44. The van der Waals surface area contributed by atoms with Crippen LogP contribution in [0.25, 0.3) is 11.0 Å². The second-order valence-electron chi connectivity index (χ2n) is 9.02. The number of aromatic nitrogens is 2. The molecule has 3 fully saturated rings. The molecule has 2 bridgehead atoms. The number of likely N-dealkylation sites (N-methyl/N-ethyl adjacent to an activating group) is 1. The van der Waals surface area contributed by atoms with Gasteiger partial charge in [0.15, 0.2) is 0 Å². The monoisotopic (exact) mass is 406 g/mol. The van der Waals surface area contributed by atoms with Crippen LogP contribution in [-0.2, 0) is 14.3 Å². The molecule has 4 aliphatic heterocycles. The number of nitrogens with zero attached hydrogens (tertiary/aromatic N) is 3. The molecule has 0 saturated carbocycles. The molecule has 1 spiro atoms. The van der Waals surface area contributed by atoms with Crippen LogP contribution in [0.4, 0.5) is 0 Å². The second kappa shape index (κ2) is 6.41. The summed E-state index contributed by atoms with van der Waals surface area (Å²) in [7, 11) is 0. The molecule has 156 valence electrons. The fourth-order valence-corrected chi connectivity index (χ4v) is 5.91. The summed E-state index contributed by atoms with van der Waals surface area (Å²) in [5, 5.41) is 0. The van der Waals surface area contributed by atoms with Crippen LogP contribution >= 0.6 is 0 Å². The Morgan fingerprint density at radius 1 is 1.37 bits per heavy atom. The van der Waals surface area contributed by atoms with E-state index in [0.717, 1.165) is 36.2 Å². The van der Waals surface area contributed by atoms with E-state index in [-0.39, 0.29) is 29.8 Å². The van der Waals surface area contributed by atoms with Crippen molar-refractivity contribution in [3.05, 3.63) is 42.2 Å². The number of hydrogen-bond donors (Lipinski definition) is 1. The highest BCUT2D eigenvalue weighted by molar-refractivity contribution is 5.93. The molecule has 5 atom stereocenters. The van der Waals surface area contributed by atoms with Crippen LogP contribution in [0.15, 0.2) is 36.4 Å². The molecule has 1 aromatic carbocycles. The number of benzene rings is 1. The topological polar surface area (TPSA) is 78.5 Å². The number of likely N-dealkylation sites (tertiary alicyclic amines) is 2. The average Bonchev–Trinajstić information content (AvgIpc) is 3.52. The van der Waals surface area contributed by atoms with E-state index >= 15 is 0 Å². The zero-order valence-electron chi connectivity index (χ0n) is 17.1. The lowest BCUT2D eigenvalue weighted by atomic mass is 9.76. The highest BCUT2D eigenvalue weighted by Crippen LogP contribution is 2.52. The Labute approximate surface area is 175 Å². The summed E-state index contributed by atoms with van der Waals surface area (Å²) in [5.74, 6) is 0.464. The van der Waals surface area contributed by atoms with Gasteiger partial charge in [-0.25, -0.2) is 4.98 Å². The molecule has 6 rings (SSSR count). The van der Waals surface area contributed by atoms with Gasteiger partial charge in [0, 0.05) is 25.6 Å². The van der Waals surface area contributed by atoms with E-state index in [2.05, 4.69) is 4.98 Å². The lowest BCUT2D eigenvalue weighted by Crippen LogP contribution is -2.48. The van der Waals surface area contributed by atoms with Gasteiger partial charge in [0.2, 0.25) is 11.8 Å². The molecule has 2 aromatic rings. The summed E-state index contributed by atoms with van der Waals surface area (Å²) in [4.78, 5) is 38.6. The van der Waals surface area contributed by atoms with Crippen LogP contribution in [0, 0.1) is 11.8 Å². The van der Waals surface area contributed by atoms with E-state index in [0.29, 0.717) is 19.6 Å². The van der Waals surface area contributed by atoms with E-state index in [4.69, 9.17) is 9.72 Å². The van der Waals surface area contributed by atoms with Crippen LogP contribution in [0.1, 0.15) is 31.5 Å². The number of H-pyrrole nitrogens is 1. The summed E-state index contributed by atoms with van der Waals surface area (Å²) in [6.45, 7) is 4.55. The molecule has 0 aliphatic carbocycles. The zero-order chi connectivity index (χ0) is 20.5. The van der Waals surface area contributed by atoms with Crippen molar-refractivity contribution >= 4 is 22.8 Å². The summed E-state index contributed by atoms with van der Waals surface area (Å²) < 4.78 is 6.22. The second-order valence-corrected chi connectivity index (χ2v) is 9.02. The lowest BCUT2D eigenvalue weighted by Gasteiger charge is -2.35. The molecule has 3 saturated heterocycles. The number of ether oxygens (including phenoxy) is 1. The normalized spacial score (nSPS) is 34.9. The molecule has 1 aromatic heterocycles. The maximum atomic E-state index is 13.6. The first-order valence-corrected chi connectivity index (χ1v) is 11.0. The Kier molecular flexibility index (Phi) is 3.87. The van der Waals surface area contributed by atoms with Crippen molar-refractivity contribution in [2.45, 2.75) is 37.4 Å². The minimum atomic E-state index is -0.605. The first-order chi connectivity index (χ1) is 14.6. The van der Waals surface area contributed by atoms with Crippen molar-refractivity contribution in [1.82, 2.24) is 19.8 Å². The van der Waals surface area contributed by atoms with Crippen LogP contribution in [-0.4, -0.2) is 69.5 Å². The van der Waals surface area contributed by atoms with Crippen LogP contribution < -0.4 is 0 Å². The van der Waals surface area contributed by atoms with Crippen molar-refractivity contribution in [2.24, 2.45) is 11.8 Å². The molecule has 30 heavy (non-hydrogen) atoms. The van der Waals surface area contributed by atoms with Gasteiger partial charge in [0.1, 0.15) is 11.4 Å². The summed E-state index contributed by atoms with van der Waals surface area (Å²) in [5.41, 5.74) is 1.38. The Bertz CT molecular complexity index is 1030. The van der Waals surface area contributed by atoms with Crippen LogP contribution in [0.3, 0.4) is 0 Å². The molecular weight excluding hydrogens is 380 g/mol. The number of carbonyl (C=O) groups excluding carboxylic acids is 2. The molecule has 4 aliphatic rings. The van der Waals surface area contributed by atoms with Crippen molar-refractivity contribution in [2.75, 3.05) is 26.2 Å². The Morgan fingerprint density at radius 3 is 3.07 bits per heavy atom. The third-order valence-electron chi connectivity index (χ3n) is 7.37. The van der Waals surface area contributed by atoms with Gasteiger partial charge in [0.25, 0.3) is 0 Å². The number of imidazole rings is 1. The van der Waals surface area contributed by atoms with E-state index in [1.807, 2.05) is 53.1 Å². The smallest absolute Gasteiger partial charge is 0.230 e. The van der Waals surface area contributed by atoms with Gasteiger partial charge in [-0.15, -0.1) is 0 Å². The molecule has 5 heterocycles. The number of hydrogen-bond acceptors (Lipinski definition) is 4. The van der Waals surface area contributed by atoms with Crippen molar-refractivity contribution in [3.8, 4) is 0 Å². The first kappa shape index (κ1) is 18.1. The van der Waals surface area contributed by atoms with Gasteiger partial charge in [-0.3, -0.25) is 9.59 Å². The number of carbonyl (C=O) groups is 2. The molecule has 2 amide bonds. The Hall–Kier alpha value is -2.67. The molecular formula is C23H26N4O3. The SMILES string of the molecule is CCN1C[C@@]23C=C[C@@H](O2)[C@H](C(=O)N2CCC[C@H](c4nc5ccccc5[nH]4)C2)[C@H]3C1=O. The lowest BCUT2D eigenvalue weighted by molar-refractivity contribution is -0.144. The Morgan fingerprint density at radius 2 is 2.23 bits per heavy atom. The molecule has 7 heteroatoms. The highest BCUT2D eigenvalue weighted by atomic mass is 16.5. The van der Waals surface area contributed by atoms with Crippen molar-refractivity contribution < 1.29 is 14.3 Å². The molecule has 1 N–H and O–H groups in total. The number of piperidine rings is 1. The number of para-hydroxylation sites is 2. The van der Waals surface area contributed by atoms with Crippen molar-refractivity contribution in [3.63, 3.8) is 0 Å². The van der Waals surface area contributed by atoms with Gasteiger partial charge in [0.05, 0.1) is 35.5 Å².